The van der Waals surface area contributed by atoms with E-state index in [1.54, 1.807) is 41.3 Å². The molecule has 2 N–H and O–H groups in total. The molecule has 1 fully saturated rings. The number of halogens is 2. The minimum atomic E-state index is -0.507. The van der Waals surface area contributed by atoms with Crippen LogP contribution in [0.15, 0.2) is 78.9 Å². The molecule has 2 atom stereocenters. The normalized spacial score (nSPS) is 18.1. The van der Waals surface area contributed by atoms with Crippen molar-refractivity contribution in [3.05, 3.63) is 95.3 Å². The van der Waals surface area contributed by atoms with E-state index >= 15 is 0 Å². The van der Waals surface area contributed by atoms with E-state index < -0.39 is 17.8 Å². The lowest BCUT2D eigenvalue weighted by Gasteiger charge is -2.37. The molecule has 1 saturated heterocycles. The molecule has 3 amide bonds. The van der Waals surface area contributed by atoms with Crippen LogP contribution in [0, 0.1) is 11.7 Å². The molecule has 1 heterocycles. The summed E-state index contributed by atoms with van der Waals surface area (Å²) in [6.07, 6.45) is 0.597. The van der Waals surface area contributed by atoms with Crippen molar-refractivity contribution >= 4 is 34.9 Å². The lowest BCUT2D eigenvalue weighted by molar-refractivity contribution is -0.121. The number of nitrogens with one attached hydrogen (secondary N) is 2. The second-order valence-corrected chi connectivity index (χ2v) is 8.29. The fraction of sp³-hybridized carbons (Fsp3) is 0.200. The largest absolute Gasteiger partial charge is 0.326 e. The summed E-state index contributed by atoms with van der Waals surface area (Å²) in [7, 11) is 0. The molecule has 164 valence electrons. The molecule has 4 rings (SSSR count). The molecular formula is C25H23ClFN3O2. The highest BCUT2D eigenvalue weighted by Crippen LogP contribution is 2.31. The first kappa shape index (κ1) is 21.8. The Hall–Kier alpha value is -3.38. The third-order valence-corrected chi connectivity index (χ3v) is 5.82. The minimum absolute atomic E-state index is 0.0218. The van der Waals surface area contributed by atoms with Gasteiger partial charge in [0, 0.05) is 29.7 Å². The molecule has 0 saturated carbocycles. The van der Waals surface area contributed by atoms with Crippen LogP contribution in [0.3, 0.4) is 0 Å². The van der Waals surface area contributed by atoms with Crippen LogP contribution in [0.2, 0.25) is 5.02 Å². The summed E-state index contributed by atoms with van der Waals surface area (Å²) >= 11 is 6.03. The Kier molecular flexibility index (Phi) is 6.71. The monoisotopic (exact) mass is 451 g/mol. The number of amides is 3. The second kappa shape index (κ2) is 9.83. The van der Waals surface area contributed by atoms with Crippen molar-refractivity contribution in [1.29, 1.82) is 0 Å². The molecule has 7 heteroatoms. The number of benzene rings is 3. The third-order valence-electron chi connectivity index (χ3n) is 5.59. The molecule has 3 aromatic rings. The van der Waals surface area contributed by atoms with Crippen molar-refractivity contribution in [2.75, 3.05) is 23.7 Å². The number of anilines is 2. The van der Waals surface area contributed by atoms with Gasteiger partial charge in [-0.1, -0.05) is 60.1 Å². The number of urea groups is 1. The summed E-state index contributed by atoms with van der Waals surface area (Å²) < 4.78 is 14.0. The molecule has 2 unspecified atom stereocenters. The lowest BCUT2D eigenvalue weighted by Crippen LogP contribution is -2.48. The Morgan fingerprint density at radius 3 is 2.41 bits per heavy atom. The fourth-order valence-electron chi connectivity index (χ4n) is 3.99. The summed E-state index contributed by atoms with van der Waals surface area (Å²) in [5, 5.41) is 6.06. The number of likely N-dealkylation sites (tertiary alicyclic amines) is 1. The van der Waals surface area contributed by atoms with Crippen molar-refractivity contribution in [2.24, 2.45) is 5.92 Å². The Morgan fingerprint density at radius 2 is 1.66 bits per heavy atom. The van der Waals surface area contributed by atoms with Crippen LogP contribution in [0.1, 0.15) is 17.9 Å². The van der Waals surface area contributed by atoms with Crippen LogP contribution >= 0.6 is 11.6 Å². The molecule has 0 spiro atoms. The standard InChI is InChI=1S/C25H23ClFN3O2/c26-20-9-6-10-21(14-20)28-24(31)19-13-18(17-7-2-1-3-8-17)15-30(16-19)25(32)29-23-12-5-4-11-22(23)27/h1-12,14,18-19H,13,15-16H2,(H,28,31)(H,29,32). The zero-order chi connectivity index (χ0) is 22.5. The number of rotatable bonds is 4. The number of carbonyl (C=O) groups excluding carboxylic acids is 2. The van der Waals surface area contributed by atoms with Crippen molar-refractivity contribution in [3.63, 3.8) is 0 Å². The van der Waals surface area contributed by atoms with Gasteiger partial charge in [-0.25, -0.2) is 9.18 Å². The highest BCUT2D eigenvalue weighted by Gasteiger charge is 2.34. The van der Waals surface area contributed by atoms with Crippen molar-refractivity contribution in [1.82, 2.24) is 4.90 Å². The number of carbonyl (C=O) groups is 2. The van der Waals surface area contributed by atoms with E-state index in [0.29, 0.717) is 23.7 Å². The summed E-state index contributed by atoms with van der Waals surface area (Å²) in [6.45, 7) is 0.668. The first-order valence-electron chi connectivity index (χ1n) is 10.4. The van der Waals surface area contributed by atoms with E-state index in [9.17, 15) is 14.0 Å². The van der Waals surface area contributed by atoms with Crippen LogP contribution in [0.25, 0.3) is 0 Å². The quantitative estimate of drug-likeness (QED) is 0.530. The van der Waals surface area contributed by atoms with Crippen LogP contribution in [0.4, 0.5) is 20.6 Å². The number of piperidine rings is 1. The molecule has 0 bridgehead atoms. The van der Waals surface area contributed by atoms with Gasteiger partial charge in [-0.05, 0) is 42.3 Å². The van der Waals surface area contributed by atoms with E-state index in [4.69, 9.17) is 11.6 Å². The van der Waals surface area contributed by atoms with Crippen LogP contribution in [0.5, 0.6) is 0 Å². The molecule has 5 nitrogen and oxygen atoms in total. The molecule has 32 heavy (non-hydrogen) atoms. The maximum absolute atomic E-state index is 14.0. The minimum Gasteiger partial charge on any atom is -0.326 e. The van der Waals surface area contributed by atoms with E-state index in [1.165, 1.54) is 12.1 Å². The molecule has 0 radical (unpaired) electrons. The van der Waals surface area contributed by atoms with Gasteiger partial charge in [-0.15, -0.1) is 0 Å². The average molecular weight is 452 g/mol. The molecule has 1 aliphatic heterocycles. The van der Waals surface area contributed by atoms with Gasteiger partial charge in [0.15, 0.2) is 0 Å². The van der Waals surface area contributed by atoms with Crippen molar-refractivity contribution in [3.8, 4) is 0 Å². The number of hydrogen-bond donors (Lipinski definition) is 2. The van der Waals surface area contributed by atoms with Crippen LogP contribution < -0.4 is 10.6 Å². The molecule has 1 aliphatic rings. The van der Waals surface area contributed by atoms with E-state index in [1.807, 2.05) is 30.3 Å². The van der Waals surface area contributed by atoms with Gasteiger partial charge in [-0.2, -0.15) is 0 Å². The van der Waals surface area contributed by atoms with Gasteiger partial charge in [0.2, 0.25) is 5.91 Å². The predicted octanol–water partition coefficient (Wildman–Crippen LogP) is 5.76. The predicted molar refractivity (Wildman–Crippen MR) is 124 cm³/mol. The summed E-state index contributed by atoms with van der Waals surface area (Å²) in [5.74, 6) is -1.14. The number of nitrogens with zero attached hydrogens (tertiary/aromatic N) is 1. The first-order valence-corrected chi connectivity index (χ1v) is 10.8. The Morgan fingerprint density at radius 1 is 0.906 bits per heavy atom. The van der Waals surface area contributed by atoms with Crippen molar-refractivity contribution in [2.45, 2.75) is 12.3 Å². The van der Waals surface area contributed by atoms with Gasteiger partial charge in [-0.3, -0.25) is 4.79 Å². The van der Waals surface area contributed by atoms with Gasteiger partial charge in [0.1, 0.15) is 5.82 Å². The Bertz CT molecular complexity index is 1110. The van der Waals surface area contributed by atoms with Crippen molar-refractivity contribution < 1.29 is 14.0 Å². The highest BCUT2D eigenvalue weighted by molar-refractivity contribution is 6.30. The third kappa shape index (κ3) is 5.26. The average Bonchev–Trinajstić information content (AvgIpc) is 2.81. The van der Waals surface area contributed by atoms with E-state index in [2.05, 4.69) is 10.6 Å². The topological polar surface area (TPSA) is 61.4 Å². The first-order chi connectivity index (χ1) is 15.5. The second-order valence-electron chi connectivity index (χ2n) is 7.85. The van der Waals surface area contributed by atoms with Gasteiger partial charge < -0.3 is 15.5 Å². The summed E-state index contributed by atoms with van der Waals surface area (Å²) in [6, 6.07) is 22.3. The Labute approximate surface area is 191 Å². The molecular weight excluding hydrogens is 429 g/mol. The number of para-hydroxylation sites is 1. The lowest BCUT2D eigenvalue weighted by atomic mass is 9.84. The smallest absolute Gasteiger partial charge is 0.321 e. The fourth-order valence-corrected chi connectivity index (χ4v) is 4.18. The zero-order valence-electron chi connectivity index (χ0n) is 17.3. The van der Waals surface area contributed by atoms with Gasteiger partial charge in [0.05, 0.1) is 11.6 Å². The SMILES string of the molecule is O=C(Nc1cccc(Cl)c1)C1CC(c2ccccc2)CN(C(=O)Nc2ccccc2F)C1. The Balaban J connectivity index is 1.54. The summed E-state index contributed by atoms with van der Waals surface area (Å²) in [4.78, 5) is 27.6. The summed E-state index contributed by atoms with van der Waals surface area (Å²) in [5.41, 5.74) is 1.77. The van der Waals surface area contributed by atoms with Crippen LogP contribution in [-0.2, 0) is 4.79 Å². The highest BCUT2D eigenvalue weighted by atomic mass is 35.5. The van der Waals surface area contributed by atoms with Crippen LogP contribution in [-0.4, -0.2) is 29.9 Å². The maximum Gasteiger partial charge on any atom is 0.321 e. The molecule has 3 aromatic carbocycles. The van der Waals surface area contributed by atoms with E-state index in [-0.39, 0.29) is 24.1 Å². The zero-order valence-corrected chi connectivity index (χ0v) is 18.1. The molecule has 0 aromatic heterocycles. The van der Waals surface area contributed by atoms with Gasteiger partial charge >= 0.3 is 6.03 Å². The maximum atomic E-state index is 14.0. The molecule has 0 aliphatic carbocycles. The van der Waals surface area contributed by atoms with Gasteiger partial charge in [0.25, 0.3) is 0 Å². The number of hydrogen-bond acceptors (Lipinski definition) is 2. The van der Waals surface area contributed by atoms with E-state index in [0.717, 1.165) is 5.56 Å².